The van der Waals surface area contributed by atoms with Crippen molar-refractivity contribution in [3.05, 3.63) is 40.8 Å². The van der Waals surface area contributed by atoms with Crippen molar-refractivity contribution in [3.63, 3.8) is 0 Å². The van der Waals surface area contributed by atoms with Crippen LogP contribution in [-0.4, -0.2) is 11.9 Å². The highest BCUT2D eigenvalue weighted by Gasteiger charge is 2.26. The Balaban J connectivity index is 1.93. The summed E-state index contributed by atoms with van der Waals surface area (Å²) in [5.41, 5.74) is 0.0852. The third-order valence-electron chi connectivity index (χ3n) is 3.12. The van der Waals surface area contributed by atoms with Crippen LogP contribution >= 0.6 is 0 Å². The molecule has 18 heavy (non-hydrogen) atoms. The van der Waals surface area contributed by atoms with Gasteiger partial charge in [0.05, 0.1) is 0 Å². The Morgan fingerprint density at radius 3 is 2.78 bits per heavy atom. The molecule has 0 bridgehead atoms. The Morgan fingerprint density at radius 1 is 1.17 bits per heavy atom. The topological polar surface area (TPSA) is 56.5 Å². The summed E-state index contributed by atoms with van der Waals surface area (Å²) in [4.78, 5) is 22.6. The lowest BCUT2D eigenvalue weighted by molar-refractivity contribution is -0.123. The fraction of sp³-hybridized carbons (Fsp3) is 0.286. The van der Waals surface area contributed by atoms with Crippen LogP contribution in [0.4, 0.5) is 0 Å². The summed E-state index contributed by atoms with van der Waals surface area (Å²) in [6.07, 6.45) is 1.88. The number of fused-ring (bicyclic) bond motifs is 1. The standard InChI is InChI=1S/C14H12O4/c15-11-2-1-3-12(11)17-10-6-4-9-5-7-14(16)18-13(9)8-10/h4-8,12H,1-3H2/t12-/m1/s1. The van der Waals surface area contributed by atoms with Crippen molar-refractivity contribution in [3.8, 4) is 5.75 Å². The van der Waals surface area contributed by atoms with Gasteiger partial charge in [0.15, 0.2) is 11.9 Å². The number of ether oxygens (including phenoxy) is 1. The molecule has 0 N–H and O–H groups in total. The van der Waals surface area contributed by atoms with Gasteiger partial charge in [0.25, 0.3) is 0 Å². The van der Waals surface area contributed by atoms with Gasteiger partial charge in [-0.3, -0.25) is 4.79 Å². The van der Waals surface area contributed by atoms with Gasteiger partial charge >= 0.3 is 5.63 Å². The Hall–Kier alpha value is -2.10. The molecule has 1 fully saturated rings. The molecule has 1 aliphatic carbocycles. The predicted octanol–water partition coefficient (Wildman–Crippen LogP) is 2.29. The van der Waals surface area contributed by atoms with E-state index in [1.165, 1.54) is 6.07 Å². The normalized spacial score (nSPS) is 19.3. The first kappa shape index (κ1) is 11.0. The highest BCUT2D eigenvalue weighted by atomic mass is 16.5. The molecule has 92 valence electrons. The van der Waals surface area contributed by atoms with Crippen LogP contribution in [0.25, 0.3) is 11.0 Å². The quantitative estimate of drug-likeness (QED) is 0.760. The molecule has 1 saturated carbocycles. The Labute approximate surface area is 103 Å². The van der Waals surface area contributed by atoms with Gasteiger partial charge < -0.3 is 9.15 Å². The third kappa shape index (κ3) is 2.01. The van der Waals surface area contributed by atoms with Crippen molar-refractivity contribution in [2.75, 3.05) is 0 Å². The molecule has 1 atom stereocenters. The van der Waals surface area contributed by atoms with Crippen LogP contribution in [0, 0.1) is 0 Å². The van der Waals surface area contributed by atoms with E-state index in [0.717, 1.165) is 18.2 Å². The van der Waals surface area contributed by atoms with Crippen molar-refractivity contribution in [1.82, 2.24) is 0 Å². The number of Topliss-reactive ketones (excluding diaryl/α,β-unsaturated/α-hetero) is 1. The Morgan fingerprint density at radius 2 is 2.00 bits per heavy atom. The summed E-state index contributed by atoms with van der Waals surface area (Å²) in [6, 6.07) is 8.33. The van der Waals surface area contributed by atoms with Crippen LogP contribution in [0.15, 0.2) is 39.5 Å². The number of hydrogen-bond donors (Lipinski definition) is 0. The van der Waals surface area contributed by atoms with E-state index in [0.29, 0.717) is 17.8 Å². The molecule has 2 aromatic rings. The SMILES string of the molecule is O=C1CCC[C@H]1Oc1ccc2ccc(=O)oc2c1. The first-order valence-corrected chi connectivity index (χ1v) is 5.96. The zero-order valence-electron chi connectivity index (χ0n) is 9.72. The monoisotopic (exact) mass is 244 g/mol. The minimum Gasteiger partial charge on any atom is -0.483 e. The predicted molar refractivity (Wildman–Crippen MR) is 65.8 cm³/mol. The maximum absolute atomic E-state index is 11.5. The van der Waals surface area contributed by atoms with E-state index in [4.69, 9.17) is 9.15 Å². The third-order valence-corrected chi connectivity index (χ3v) is 3.12. The van der Waals surface area contributed by atoms with Crippen LogP contribution in [0.3, 0.4) is 0 Å². The minimum absolute atomic E-state index is 0.143. The number of carbonyl (C=O) groups is 1. The molecule has 0 saturated heterocycles. The van der Waals surface area contributed by atoms with Crippen LogP contribution in [0.2, 0.25) is 0 Å². The minimum atomic E-state index is -0.392. The van der Waals surface area contributed by atoms with E-state index in [2.05, 4.69) is 0 Å². The van der Waals surface area contributed by atoms with E-state index in [1.54, 1.807) is 18.2 Å². The van der Waals surface area contributed by atoms with Gasteiger partial charge in [-0.15, -0.1) is 0 Å². The average Bonchev–Trinajstić information content (AvgIpc) is 2.74. The van der Waals surface area contributed by atoms with Crippen LogP contribution in [0.1, 0.15) is 19.3 Å². The summed E-state index contributed by atoms with van der Waals surface area (Å²) in [5.74, 6) is 0.710. The smallest absolute Gasteiger partial charge is 0.336 e. The molecule has 4 nitrogen and oxygen atoms in total. The van der Waals surface area contributed by atoms with Gasteiger partial charge in [0.2, 0.25) is 0 Å². The highest BCUT2D eigenvalue weighted by molar-refractivity contribution is 5.85. The molecule has 1 heterocycles. The summed E-state index contributed by atoms with van der Waals surface area (Å²) in [6.45, 7) is 0. The molecule has 1 aromatic heterocycles. The second kappa shape index (κ2) is 4.29. The van der Waals surface area contributed by atoms with Crippen LogP contribution in [-0.2, 0) is 4.79 Å². The molecule has 4 heteroatoms. The fourth-order valence-corrected chi connectivity index (χ4v) is 2.19. The van der Waals surface area contributed by atoms with Crippen molar-refractivity contribution >= 4 is 16.8 Å². The maximum atomic E-state index is 11.5. The molecule has 0 amide bonds. The molecule has 3 rings (SSSR count). The van der Waals surface area contributed by atoms with Gasteiger partial charge in [-0.25, -0.2) is 4.79 Å². The summed E-state index contributed by atoms with van der Waals surface area (Å²) < 4.78 is 10.7. The van der Waals surface area contributed by atoms with Crippen LogP contribution < -0.4 is 10.4 Å². The Kier molecular flexibility index (Phi) is 2.63. The molecule has 0 unspecified atom stereocenters. The summed E-state index contributed by atoms with van der Waals surface area (Å²) in [5, 5.41) is 0.833. The van der Waals surface area contributed by atoms with Gasteiger partial charge in [-0.1, -0.05) is 0 Å². The average molecular weight is 244 g/mol. The molecule has 0 radical (unpaired) electrons. The second-order valence-electron chi connectivity index (χ2n) is 4.42. The summed E-state index contributed by atoms with van der Waals surface area (Å²) >= 11 is 0. The van der Waals surface area contributed by atoms with Crippen molar-refractivity contribution < 1.29 is 13.9 Å². The largest absolute Gasteiger partial charge is 0.483 e. The summed E-state index contributed by atoms with van der Waals surface area (Å²) in [7, 11) is 0. The van der Waals surface area contributed by atoms with Gasteiger partial charge in [0.1, 0.15) is 11.3 Å². The van der Waals surface area contributed by atoms with Crippen molar-refractivity contribution in [1.29, 1.82) is 0 Å². The van der Waals surface area contributed by atoms with E-state index in [-0.39, 0.29) is 11.9 Å². The molecule has 1 aromatic carbocycles. The van der Waals surface area contributed by atoms with E-state index < -0.39 is 5.63 Å². The maximum Gasteiger partial charge on any atom is 0.336 e. The Bertz CT molecular complexity index is 656. The van der Waals surface area contributed by atoms with Crippen molar-refractivity contribution in [2.45, 2.75) is 25.4 Å². The zero-order chi connectivity index (χ0) is 12.5. The number of carbonyl (C=O) groups excluding carboxylic acids is 1. The second-order valence-corrected chi connectivity index (χ2v) is 4.42. The molecular formula is C14H12O4. The van der Waals surface area contributed by atoms with Crippen molar-refractivity contribution in [2.24, 2.45) is 0 Å². The molecule has 1 aliphatic rings. The van der Waals surface area contributed by atoms with Crippen LogP contribution in [0.5, 0.6) is 5.75 Å². The van der Waals surface area contributed by atoms with E-state index >= 15 is 0 Å². The first-order valence-electron chi connectivity index (χ1n) is 5.96. The van der Waals surface area contributed by atoms with E-state index in [1.807, 2.05) is 6.07 Å². The number of benzene rings is 1. The zero-order valence-corrected chi connectivity index (χ0v) is 9.72. The fourth-order valence-electron chi connectivity index (χ4n) is 2.19. The molecule has 0 aliphatic heterocycles. The van der Waals surface area contributed by atoms with E-state index in [9.17, 15) is 9.59 Å². The van der Waals surface area contributed by atoms with Gasteiger partial charge in [-0.05, 0) is 31.0 Å². The molecule has 0 spiro atoms. The lowest BCUT2D eigenvalue weighted by atomic mass is 10.2. The first-order chi connectivity index (χ1) is 8.72. The highest BCUT2D eigenvalue weighted by Crippen LogP contribution is 2.24. The molecular weight excluding hydrogens is 232 g/mol. The van der Waals surface area contributed by atoms with Gasteiger partial charge in [-0.2, -0.15) is 0 Å². The lowest BCUT2D eigenvalue weighted by Crippen LogP contribution is -2.20. The number of ketones is 1. The van der Waals surface area contributed by atoms with Gasteiger partial charge in [0, 0.05) is 23.9 Å². The number of hydrogen-bond acceptors (Lipinski definition) is 4. The lowest BCUT2D eigenvalue weighted by Gasteiger charge is -2.11. The number of rotatable bonds is 2.